The molecule has 0 aliphatic heterocycles. The third-order valence-corrected chi connectivity index (χ3v) is 3.62. The number of furan rings is 1. The highest BCUT2D eigenvalue weighted by atomic mass is 19.1. The number of hydrogen-bond donors (Lipinski definition) is 1. The zero-order valence-corrected chi connectivity index (χ0v) is 12.8. The average Bonchev–Trinajstić information content (AvgIpc) is 2.98. The van der Waals surface area contributed by atoms with Crippen molar-refractivity contribution in [3.8, 4) is 5.75 Å². The number of carbonyl (C=O) groups is 1. The summed E-state index contributed by atoms with van der Waals surface area (Å²) in [6.45, 7) is 0.0656. The molecule has 2 aromatic carbocycles. The standard InChI is InChI=1S/C17H12FNO6/c18-11-3-1-10(2-4-11)5-6-24-17(21)13-9-25-16-8-14(19(22)23)15(20)7-12(13)16/h1-4,7-9,20H,5-6H2. The summed E-state index contributed by atoms with van der Waals surface area (Å²) in [5, 5.41) is 20.7. The van der Waals surface area contributed by atoms with Crippen LogP contribution in [0.25, 0.3) is 11.0 Å². The maximum Gasteiger partial charge on any atom is 0.342 e. The molecule has 128 valence electrons. The summed E-state index contributed by atoms with van der Waals surface area (Å²) < 4.78 is 23.1. The fraction of sp³-hybridized carbons (Fsp3) is 0.118. The van der Waals surface area contributed by atoms with Gasteiger partial charge in [0, 0.05) is 11.8 Å². The highest BCUT2D eigenvalue weighted by Gasteiger charge is 2.21. The van der Waals surface area contributed by atoms with Gasteiger partial charge in [0.05, 0.1) is 17.6 Å². The number of nitro groups is 1. The molecule has 0 saturated heterocycles. The first kappa shape index (κ1) is 16.4. The molecule has 0 unspecified atom stereocenters. The van der Waals surface area contributed by atoms with Gasteiger partial charge in [-0.15, -0.1) is 0 Å². The van der Waals surface area contributed by atoms with Gasteiger partial charge in [-0.1, -0.05) is 12.1 Å². The highest BCUT2D eigenvalue weighted by molar-refractivity contribution is 6.04. The van der Waals surface area contributed by atoms with Gasteiger partial charge in [0.15, 0.2) is 5.75 Å². The summed E-state index contributed by atoms with van der Waals surface area (Å²) in [5.74, 6) is -1.60. The molecule has 0 fully saturated rings. The van der Waals surface area contributed by atoms with E-state index in [4.69, 9.17) is 9.15 Å². The molecule has 1 heterocycles. The quantitative estimate of drug-likeness (QED) is 0.431. The molecule has 25 heavy (non-hydrogen) atoms. The number of halogens is 1. The van der Waals surface area contributed by atoms with Crippen LogP contribution in [0.5, 0.6) is 5.75 Å². The van der Waals surface area contributed by atoms with Crippen LogP contribution in [-0.4, -0.2) is 22.6 Å². The first-order valence-corrected chi connectivity index (χ1v) is 7.26. The van der Waals surface area contributed by atoms with Crippen LogP contribution in [0.4, 0.5) is 10.1 Å². The number of nitrogens with zero attached hydrogens (tertiary/aromatic N) is 1. The number of ether oxygens (including phenoxy) is 1. The summed E-state index contributed by atoms with van der Waals surface area (Å²) >= 11 is 0. The first-order valence-electron chi connectivity index (χ1n) is 7.26. The lowest BCUT2D eigenvalue weighted by atomic mass is 10.1. The highest BCUT2D eigenvalue weighted by Crippen LogP contribution is 2.33. The van der Waals surface area contributed by atoms with Crippen molar-refractivity contribution >= 4 is 22.6 Å². The van der Waals surface area contributed by atoms with E-state index < -0.39 is 22.3 Å². The molecule has 3 rings (SSSR count). The first-order chi connectivity index (χ1) is 12.0. The van der Waals surface area contributed by atoms with Crippen molar-refractivity contribution in [3.05, 3.63) is 69.7 Å². The molecule has 0 aliphatic rings. The SMILES string of the molecule is O=C(OCCc1ccc(F)cc1)c1coc2cc([N+](=O)[O-])c(O)cc12. The molecule has 0 radical (unpaired) electrons. The van der Waals surface area contributed by atoms with Crippen LogP contribution in [0.15, 0.2) is 47.1 Å². The average molecular weight is 345 g/mol. The second-order valence-electron chi connectivity index (χ2n) is 5.26. The Bertz CT molecular complexity index is 948. The Balaban J connectivity index is 1.72. The van der Waals surface area contributed by atoms with E-state index in [1.165, 1.54) is 12.1 Å². The summed E-state index contributed by atoms with van der Waals surface area (Å²) in [5.41, 5.74) is 0.437. The summed E-state index contributed by atoms with van der Waals surface area (Å²) in [6, 6.07) is 7.95. The van der Waals surface area contributed by atoms with Gasteiger partial charge in [-0.2, -0.15) is 0 Å². The Hall–Kier alpha value is -3.42. The molecular weight excluding hydrogens is 333 g/mol. The number of phenols is 1. The molecule has 0 amide bonds. The van der Waals surface area contributed by atoms with Crippen molar-refractivity contribution in [2.24, 2.45) is 0 Å². The number of carbonyl (C=O) groups excluding carboxylic acids is 1. The Morgan fingerprint density at radius 1 is 1.28 bits per heavy atom. The number of esters is 1. The molecule has 0 aliphatic carbocycles. The maximum absolute atomic E-state index is 12.8. The lowest BCUT2D eigenvalue weighted by Crippen LogP contribution is -2.07. The van der Waals surface area contributed by atoms with Crippen LogP contribution in [0.3, 0.4) is 0 Å². The Morgan fingerprint density at radius 2 is 2.00 bits per heavy atom. The molecule has 7 nitrogen and oxygen atoms in total. The third kappa shape index (κ3) is 3.42. The second-order valence-corrected chi connectivity index (χ2v) is 5.26. The Kier molecular flexibility index (Phi) is 4.34. The van der Waals surface area contributed by atoms with Crippen molar-refractivity contribution in [2.45, 2.75) is 6.42 Å². The molecule has 0 spiro atoms. The number of hydrogen-bond acceptors (Lipinski definition) is 6. The third-order valence-electron chi connectivity index (χ3n) is 3.62. The van der Waals surface area contributed by atoms with E-state index >= 15 is 0 Å². The molecule has 0 saturated carbocycles. The number of nitro benzene ring substituents is 1. The van der Waals surface area contributed by atoms with Crippen molar-refractivity contribution in [2.75, 3.05) is 6.61 Å². The van der Waals surface area contributed by atoms with Gasteiger partial charge < -0.3 is 14.3 Å². The lowest BCUT2D eigenvalue weighted by Gasteiger charge is -2.04. The van der Waals surface area contributed by atoms with E-state index in [1.54, 1.807) is 12.1 Å². The fourth-order valence-corrected chi connectivity index (χ4v) is 2.35. The van der Waals surface area contributed by atoms with Gasteiger partial charge in [-0.05, 0) is 23.8 Å². The minimum Gasteiger partial charge on any atom is -0.502 e. The molecular formula is C17H12FNO6. The topological polar surface area (TPSA) is 103 Å². The van der Waals surface area contributed by atoms with Gasteiger partial charge in [0.1, 0.15) is 23.2 Å². The van der Waals surface area contributed by atoms with Crippen LogP contribution in [0.1, 0.15) is 15.9 Å². The largest absolute Gasteiger partial charge is 0.502 e. The van der Waals surface area contributed by atoms with Crippen molar-refractivity contribution in [1.29, 1.82) is 0 Å². The number of phenolic OH excluding ortho intramolecular Hbond substituents is 1. The number of rotatable bonds is 5. The van der Waals surface area contributed by atoms with Gasteiger partial charge in [-0.3, -0.25) is 10.1 Å². The smallest absolute Gasteiger partial charge is 0.342 e. The van der Waals surface area contributed by atoms with Gasteiger partial charge in [0.2, 0.25) is 0 Å². The van der Waals surface area contributed by atoms with Crippen molar-refractivity contribution in [3.63, 3.8) is 0 Å². The van der Waals surface area contributed by atoms with Gasteiger partial charge in [0.25, 0.3) is 0 Å². The molecule has 1 N–H and O–H groups in total. The summed E-state index contributed by atoms with van der Waals surface area (Å²) in [7, 11) is 0. The number of fused-ring (bicyclic) bond motifs is 1. The van der Waals surface area contributed by atoms with E-state index in [0.717, 1.165) is 24.0 Å². The van der Waals surface area contributed by atoms with E-state index in [-0.39, 0.29) is 29.0 Å². The number of benzene rings is 2. The monoisotopic (exact) mass is 345 g/mol. The Morgan fingerprint density at radius 3 is 2.68 bits per heavy atom. The maximum atomic E-state index is 12.8. The van der Waals surface area contributed by atoms with Crippen molar-refractivity contribution < 1.29 is 28.4 Å². The molecule has 3 aromatic rings. The van der Waals surface area contributed by atoms with E-state index in [2.05, 4.69) is 0 Å². The molecule has 1 aromatic heterocycles. The number of aromatic hydroxyl groups is 1. The lowest BCUT2D eigenvalue weighted by molar-refractivity contribution is -0.385. The predicted octanol–water partition coefficient (Wildman–Crippen LogP) is 3.59. The predicted molar refractivity (Wildman–Crippen MR) is 84.9 cm³/mol. The Labute approximate surface area is 140 Å². The van der Waals surface area contributed by atoms with Crippen LogP contribution in [0.2, 0.25) is 0 Å². The van der Waals surface area contributed by atoms with Gasteiger partial charge in [-0.25, -0.2) is 9.18 Å². The van der Waals surface area contributed by atoms with E-state index in [9.17, 15) is 24.4 Å². The minimum absolute atomic E-state index is 0.0549. The summed E-state index contributed by atoms with van der Waals surface area (Å²) in [6.07, 6.45) is 1.52. The normalized spacial score (nSPS) is 10.8. The second kappa shape index (κ2) is 6.60. The van der Waals surface area contributed by atoms with E-state index in [0.29, 0.717) is 6.42 Å². The van der Waals surface area contributed by atoms with Crippen molar-refractivity contribution in [1.82, 2.24) is 0 Å². The van der Waals surface area contributed by atoms with Crippen LogP contribution in [0, 0.1) is 15.9 Å². The van der Waals surface area contributed by atoms with Crippen LogP contribution < -0.4 is 0 Å². The van der Waals surface area contributed by atoms with Crippen LogP contribution in [-0.2, 0) is 11.2 Å². The zero-order valence-electron chi connectivity index (χ0n) is 12.8. The molecule has 8 heteroatoms. The van der Waals surface area contributed by atoms with Gasteiger partial charge >= 0.3 is 11.7 Å². The molecule has 0 bridgehead atoms. The van der Waals surface area contributed by atoms with E-state index in [1.807, 2.05) is 0 Å². The fourth-order valence-electron chi connectivity index (χ4n) is 2.35. The zero-order chi connectivity index (χ0) is 18.0. The van der Waals surface area contributed by atoms with Crippen LogP contribution >= 0.6 is 0 Å². The summed E-state index contributed by atoms with van der Waals surface area (Å²) in [4.78, 5) is 22.2. The molecule has 0 atom stereocenters. The minimum atomic E-state index is -0.752.